The normalized spacial score (nSPS) is 14.7. The Labute approximate surface area is 279 Å². The summed E-state index contributed by atoms with van der Waals surface area (Å²) in [7, 11) is 3.04. The zero-order valence-electron chi connectivity index (χ0n) is 25.0. The SMILES string of the molecule is COc1ccc(Br)cc1[C@@H]1C(C(=O)OC(C)C)=C(C)N=c2s/c(=C\c3cc(Br)c(OCc4ccccc4F)c(OC)c3)c(=O)n21. The van der Waals surface area contributed by atoms with Gasteiger partial charge in [0.1, 0.15) is 24.2 Å². The van der Waals surface area contributed by atoms with Crippen LogP contribution in [0.5, 0.6) is 17.2 Å². The maximum Gasteiger partial charge on any atom is 0.338 e. The van der Waals surface area contributed by atoms with E-state index in [1.54, 1.807) is 63.2 Å². The number of rotatable bonds is 9. The molecule has 0 N–H and O–H groups in total. The van der Waals surface area contributed by atoms with Crippen molar-refractivity contribution in [1.82, 2.24) is 4.57 Å². The van der Waals surface area contributed by atoms with Crippen LogP contribution in [-0.2, 0) is 16.1 Å². The number of carbonyl (C=O) groups is 1. The summed E-state index contributed by atoms with van der Waals surface area (Å²) in [6, 6.07) is 14.5. The molecule has 0 radical (unpaired) electrons. The molecule has 1 atom stereocenters. The van der Waals surface area contributed by atoms with Crippen molar-refractivity contribution in [2.45, 2.75) is 39.5 Å². The monoisotopic (exact) mass is 758 g/mol. The maximum atomic E-state index is 14.2. The van der Waals surface area contributed by atoms with Crippen LogP contribution in [0.15, 0.2) is 84.6 Å². The van der Waals surface area contributed by atoms with E-state index in [0.717, 1.165) is 4.47 Å². The first-order valence-electron chi connectivity index (χ1n) is 13.8. The molecule has 0 aliphatic carbocycles. The van der Waals surface area contributed by atoms with E-state index in [4.69, 9.17) is 18.9 Å². The Hall–Kier alpha value is -3.74. The highest BCUT2D eigenvalue weighted by atomic mass is 79.9. The number of aromatic nitrogens is 1. The number of fused-ring (bicyclic) bond motifs is 1. The lowest BCUT2D eigenvalue weighted by Gasteiger charge is -2.26. The number of benzene rings is 3. The van der Waals surface area contributed by atoms with Crippen LogP contribution < -0.4 is 29.1 Å². The molecule has 45 heavy (non-hydrogen) atoms. The first-order valence-corrected chi connectivity index (χ1v) is 16.2. The minimum Gasteiger partial charge on any atom is -0.496 e. The van der Waals surface area contributed by atoms with Gasteiger partial charge in [0.2, 0.25) is 0 Å². The van der Waals surface area contributed by atoms with Crippen LogP contribution in [0.3, 0.4) is 0 Å². The average Bonchev–Trinajstić information content (AvgIpc) is 3.29. The van der Waals surface area contributed by atoms with Crippen LogP contribution in [0.1, 0.15) is 43.5 Å². The van der Waals surface area contributed by atoms with Gasteiger partial charge in [-0.1, -0.05) is 45.5 Å². The number of hydrogen-bond acceptors (Lipinski definition) is 8. The Morgan fingerprint density at radius 1 is 1.09 bits per heavy atom. The van der Waals surface area contributed by atoms with Crippen LogP contribution in [0.2, 0.25) is 0 Å². The Bertz CT molecular complexity index is 2000. The van der Waals surface area contributed by atoms with E-state index in [2.05, 4.69) is 36.9 Å². The van der Waals surface area contributed by atoms with Gasteiger partial charge in [0, 0.05) is 15.6 Å². The molecule has 1 aromatic heterocycles. The van der Waals surface area contributed by atoms with E-state index >= 15 is 0 Å². The molecule has 12 heteroatoms. The highest BCUT2D eigenvalue weighted by Crippen LogP contribution is 2.39. The Morgan fingerprint density at radius 2 is 1.82 bits per heavy atom. The standard InChI is InChI=1S/C33H29Br2FN2O6S/c1-17(2)44-32(40)28-18(3)37-33-38(29(28)22-15-21(34)10-11-25(22)41-4)31(39)27(45-33)14-19-12-23(35)30(26(13-19)42-5)43-16-20-8-6-7-9-24(20)36/h6-15,17,29H,16H2,1-5H3/b27-14-/t29-/m1/s1. The largest absolute Gasteiger partial charge is 0.496 e. The molecule has 4 aromatic rings. The van der Waals surface area contributed by atoms with E-state index in [9.17, 15) is 14.0 Å². The van der Waals surface area contributed by atoms with Crippen molar-refractivity contribution in [3.8, 4) is 17.2 Å². The predicted octanol–water partition coefficient (Wildman–Crippen LogP) is 6.45. The Balaban J connectivity index is 1.62. The summed E-state index contributed by atoms with van der Waals surface area (Å²) in [5.74, 6) is 0.361. The van der Waals surface area contributed by atoms with E-state index in [0.29, 0.717) is 53.4 Å². The Morgan fingerprint density at radius 3 is 2.51 bits per heavy atom. The van der Waals surface area contributed by atoms with Gasteiger partial charge in [0.15, 0.2) is 16.3 Å². The van der Waals surface area contributed by atoms with Gasteiger partial charge in [-0.3, -0.25) is 9.36 Å². The average molecular weight is 760 g/mol. The van der Waals surface area contributed by atoms with Gasteiger partial charge >= 0.3 is 5.97 Å². The molecule has 234 valence electrons. The molecule has 1 aliphatic rings. The first-order chi connectivity index (χ1) is 21.5. The number of ether oxygens (including phenoxy) is 4. The molecule has 0 bridgehead atoms. The number of hydrogen-bond donors (Lipinski definition) is 0. The third-order valence-corrected chi connectivity index (χ3v) is 9.02. The molecule has 3 aromatic carbocycles. The molecule has 0 fully saturated rings. The number of carbonyl (C=O) groups excluding carboxylic acids is 1. The number of methoxy groups -OCH3 is 2. The number of nitrogens with zero attached hydrogens (tertiary/aromatic N) is 2. The van der Waals surface area contributed by atoms with Gasteiger partial charge in [-0.05, 0) is 84.7 Å². The number of halogens is 3. The second-order valence-corrected chi connectivity index (χ2v) is 13.1. The molecule has 0 spiro atoms. The lowest BCUT2D eigenvalue weighted by molar-refractivity contribution is -0.143. The topological polar surface area (TPSA) is 88.4 Å². The van der Waals surface area contributed by atoms with Gasteiger partial charge in [-0.25, -0.2) is 14.2 Å². The summed E-state index contributed by atoms with van der Waals surface area (Å²) in [4.78, 5) is 32.7. The second kappa shape index (κ2) is 13.7. The van der Waals surface area contributed by atoms with Crippen molar-refractivity contribution in [2.24, 2.45) is 4.99 Å². The maximum absolute atomic E-state index is 14.2. The summed E-state index contributed by atoms with van der Waals surface area (Å²) < 4.78 is 40.1. The minimum absolute atomic E-state index is 0.000426. The second-order valence-electron chi connectivity index (χ2n) is 10.3. The van der Waals surface area contributed by atoms with Crippen molar-refractivity contribution in [1.29, 1.82) is 0 Å². The summed E-state index contributed by atoms with van der Waals surface area (Å²) in [5, 5.41) is 0. The third-order valence-electron chi connectivity index (χ3n) is 6.95. The van der Waals surface area contributed by atoms with Crippen LogP contribution in [-0.4, -0.2) is 30.9 Å². The smallest absolute Gasteiger partial charge is 0.338 e. The van der Waals surface area contributed by atoms with Crippen molar-refractivity contribution in [3.63, 3.8) is 0 Å². The molecule has 8 nitrogen and oxygen atoms in total. The van der Waals surface area contributed by atoms with Crippen molar-refractivity contribution in [2.75, 3.05) is 14.2 Å². The number of thiazole rings is 1. The van der Waals surface area contributed by atoms with Gasteiger partial charge in [-0.15, -0.1) is 0 Å². The van der Waals surface area contributed by atoms with Crippen molar-refractivity contribution >= 4 is 55.2 Å². The van der Waals surface area contributed by atoms with Crippen LogP contribution in [0.25, 0.3) is 6.08 Å². The predicted molar refractivity (Wildman–Crippen MR) is 177 cm³/mol. The number of allylic oxidation sites excluding steroid dienone is 1. The Kier molecular flexibility index (Phi) is 9.95. The molecule has 1 aliphatic heterocycles. The fourth-order valence-corrected chi connectivity index (χ4v) is 6.95. The summed E-state index contributed by atoms with van der Waals surface area (Å²) in [6.45, 7) is 5.26. The lowest BCUT2D eigenvalue weighted by Crippen LogP contribution is -2.40. The third kappa shape index (κ3) is 6.78. The molecule has 0 saturated carbocycles. The zero-order chi connectivity index (χ0) is 32.4. The molecular weight excluding hydrogens is 731 g/mol. The highest BCUT2D eigenvalue weighted by Gasteiger charge is 2.35. The van der Waals surface area contributed by atoms with E-state index < -0.39 is 12.0 Å². The van der Waals surface area contributed by atoms with Crippen molar-refractivity contribution in [3.05, 3.63) is 117 Å². The van der Waals surface area contributed by atoms with Crippen LogP contribution in [0, 0.1) is 5.82 Å². The highest BCUT2D eigenvalue weighted by molar-refractivity contribution is 9.10. The van der Waals surface area contributed by atoms with Gasteiger partial charge in [0.05, 0.1) is 40.6 Å². The van der Waals surface area contributed by atoms with E-state index in [-0.39, 0.29) is 29.7 Å². The minimum atomic E-state index is -0.850. The quantitative estimate of drug-likeness (QED) is 0.183. The lowest BCUT2D eigenvalue weighted by atomic mass is 9.95. The summed E-state index contributed by atoms with van der Waals surface area (Å²) in [6.07, 6.45) is 1.35. The molecule has 0 saturated heterocycles. The summed E-state index contributed by atoms with van der Waals surface area (Å²) >= 11 is 8.26. The first kappa shape index (κ1) is 32.6. The van der Waals surface area contributed by atoms with Crippen LogP contribution in [0.4, 0.5) is 4.39 Å². The summed E-state index contributed by atoms with van der Waals surface area (Å²) in [5.41, 5.74) is 2.00. The van der Waals surface area contributed by atoms with Crippen LogP contribution >= 0.6 is 43.2 Å². The van der Waals surface area contributed by atoms with Gasteiger partial charge in [0.25, 0.3) is 5.56 Å². The molecule has 2 heterocycles. The van der Waals surface area contributed by atoms with Gasteiger partial charge in [-0.2, -0.15) is 0 Å². The van der Waals surface area contributed by atoms with Crippen molar-refractivity contribution < 1.29 is 28.1 Å². The zero-order valence-corrected chi connectivity index (χ0v) is 29.0. The molecule has 0 unspecified atom stereocenters. The van der Waals surface area contributed by atoms with Gasteiger partial charge < -0.3 is 18.9 Å². The molecule has 5 rings (SSSR count). The fraction of sp³-hybridized carbons (Fsp3) is 0.242. The van der Waals surface area contributed by atoms with E-state index in [1.807, 2.05) is 12.1 Å². The molecule has 0 amide bonds. The molecular formula is C33H29Br2FN2O6S. The number of esters is 1. The van der Waals surface area contributed by atoms with E-state index in [1.165, 1.54) is 36.2 Å². The fourth-order valence-electron chi connectivity index (χ4n) is 4.95.